The minimum absolute atomic E-state index is 0.0121. The van der Waals surface area contributed by atoms with E-state index >= 15 is 0 Å². The van der Waals surface area contributed by atoms with Gasteiger partial charge in [-0.05, 0) is 12.1 Å². The fraction of sp³-hybridized carbons (Fsp3) is 0.333. The van der Waals surface area contributed by atoms with Crippen LogP contribution in [0.3, 0.4) is 0 Å². The van der Waals surface area contributed by atoms with Crippen LogP contribution in [-0.4, -0.2) is 10.1 Å². The predicted molar refractivity (Wildman–Crippen MR) is 64.1 cm³/mol. The van der Waals surface area contributed by atoms with Crippen LogP contribution in [-0.2, 0) is 6.61 Å². The molecule has 0 bridgehead atoms. The van der Waals surface area contributed by atoms with Crippen LogP contribution in [0, 0.1) is 5.82 Å². The van der Waals surface area contributed by atoms with E-state index in [1.165, 1.54) is 12.1 Å². The van der Waals surface area contributed by atoms with Crippen LogP contribution >= 0.6 is 11.6 Å². The van der Waals surface area contributed by atoms with Crippen LogP contribution < -0.4 is 4.74 Å². The van der Waals surface area contributed by atoms with E-state index in [-0.39, 0.29) is 24.2 Å². The number of halogens is 2. The highest BCUT2D eigenvalue weighted by molar-refractivity contribution is 6.31. The highest BCUT2D eigenvalue weighted by Crippen LogP contribution is 2.21. The molecule has 2 rings (SSSR count). The van der Waals surface area contributed by atoms with Crippen molar-refractivity contribution in [3.05, 3.63) is 40.4 Å². The molecule has 0 saturated heterocycles. The number of rotatable bonds is 4. The molecule has 0 aliphatic heterocycles. The Morgan fingerprint density at radius 3 is 2.83 bits per heavy atom. The molecule has 0 aliphatic carbocycles. The van der Waals surface area contributed by atoms with Crippen molar-refractivity contribution in [1.82, 2.24) is 10.1 Å². The zero-order valence-corrected chi connectivity index (χ0v) is 10.7. The van der Waals surface area contributed by atoms with E-state index in [0.29, 0.717) is 10.8 Å². The first kappa shape index (κ1) is 12.8. The molecule has 4 nitrogen and oxygen atoms in total. The topological polar surface area (TPSA) is 48.2 Å². The molecule has 1 aromatic heterocycles. The molecule has 0 atom stereocenters. The van der Waals surface area contributed by atoms with E-state index in [9.17, 15) is 4.39 Å². The molecule has 96 valence electrons. The standard InChI is InChI=1S/C12H12ClFN2O2/c1-7(2)11-15-12(18-16-11)17-6-8-9(13)4-3-5-10(8)14/h3-5,7H,6H2,1-2H3. The fourth-order valence-corrected chi connectivity index (χ4v) is 1.53. The van der Waals surface area contributed by atoms with Crippen LogP contribution in [0.15, 0.2) is 22.7 Å². The number of hydrogen-bond acceptors (Lipinski definition) is 4. The minimum Gasteiger partial charge on any atom is -0.444 e. The summed E-state index contributed by atoms with van der Waals surface area (Å²) >= 11 is 5.86. The van der Waals surface area contributed by atoms with Gasteiger partial charge >= 0.3 is 6.08 Å². The number of aromatic nitrogens is 2. The molecular weight excluding hydrogens is 259 g/mol. The SMILES string of the molecule is CC(C)c1noc(OCc2c(F)cccc2Cl)n1. The first-order valence-electron chi connectivity index (χ1n) is 5.47. The lowest BCUT2D eigenvalue weighted by atomic mass is 10.2. The molecule has 0 unspecified atom stereocenters. The van der Waals surface area contributed by atoms with Gasteiger partial charge in [0.05, 0.1) is 5.02 Å². The minimum atomic E-state index is -0.425. The summed E-state index contributed by atoms with van der Waals surface area (Å²) in [4.78, 5) is 4.02. The van der Waals surface area contributed by atoms with Gasteiger partial charge in [-0.15, -0.1) is 0 Å². The molecule has 0 amide bonds. The monoisotopic (exact) mass is 270 g/mol. The second-order valence-electron chi connectivity index (χ2n) is 4.06. The summed E-state index contributed by atoms with van der Waals surface area (Å²) in [7, 11) is 0. The fourth-order valence-electron chi connectivity index (χ4n) is 1.32. The molecule has 18 heavy (non-hydrogen) atoms. The van der Waals surface area contributed by atoms with Crippen LogP contribution in [0.25, 0.3) is 0 Å². The van der Waals surface area contributed by atoms with Crippen LogP contribution in [0.1, 0.15) is 31.2 Å². The van der Waals surface area contributed by atoms with Crippen LogP contribution in [0.5, 0.6) is 6.08 Å². The van der Waals surface area contributed by atoms with Crippen molar-refractivity contribution in [3.8, 4) is 6.08 Å². The number of ether oxygens (including phenoxy) is 1. The van der Waals surface area contributed by atoms with Crippen LogP contribution in [0.4, 0.5) is 4.39 Å². The van der Waals surface area contributed by atoms with E-state index in [1.54, 1.807) is 6.07 Å². The largest absolute Gasteiger partial charge is 0.444 e. The predicted octanol–water partition coefficient (Wildman–Crippen LogP) is 3.56. The Morgan fingerprint density at radius 1 is 1.44 bits per heavy atom. The Kier molecular flexibility index (Phi) is 3.81. The van der Waals surface area contributed by atoms with E-state index in [2.05, 4.69) is 10.1 Å². The van der Waals surface area contributed by atoms with Gasteiger partial charge in [-0.25, -0.2) is 4.39 Å². The van der Waals surface area contributed by atoms with Crippen molar-refractivity contribution >= 4 is 11.6 Å². The molecule has 0 aliphatic rings. The van der Waals surface area contributed by atoms with Gasteiger partial charge < -0.3 is 4.74 Å². The molecule has 0 radical (unpaired) electrons. The average molecular weight is 271 g/mol. The Balaban J connectivity index is 2.07. The number of benzene rings is 1. The molecule has 1 aromatic carbocycles. The van der Waals surface area contributed by atoms with Crippen molar-refractivity contribution < 1.29 is 13.7 Å². The highest BCUT2D eigenvalue weighted by atomic mass is 35.5. The summed E-state index contributed by atoms with van der Waals surface area (Å²) in [6.45, 7) is 3.82. The number of nitrogens with zero attached hydrogens (tertiary/aromatic N) is 2. The van der Waals surface area contributed by atoms with Crippen molar-refractivity contribution in [2.75, 3.05) is 0 Å². The van der Waals surface area contributed by atoms with Gasteiger partial charge in [0.1, 0.15) is 12.4 Å². The second-order valence-corrected chi connectivity index (χ2v) is 4.47. The van der Waals surface area contributed by atoms with E-state index in [1.807, 2.05) is 13.8 Å². The molecule has 0 fully saturated rings. The lowest BCUT2D eigenvalue weighted by Crippen LogP contribution is -2.00. The molecule has 0 spiro atoms. The van der Waals surface area contributed by atoms with E-state index in [4.69, 9.17) is 20.9 Å². The summed E-state index contributed by atoms with van der Waals surface area (Å²) in [6, 6.07) is 4.44. The molecule has 2 aromatic rings. The van der Waals surface area contributed by atoms with Crippen LogP contribution in [0.2, 0.25) is 5.02 Å². The second kappa shape index (κ2) is 5.35. The third kappa shape index (κ3) is 2.79. The maximum atomic E-state index is 13.5. The van der Waals surface area contributed by atoms with E-state index in [0.717, 1.165) is 0 Å². The van der Waals surface area contributed by atoms with Gasteiger partial charge in [0, 0.05) is 11.5 Å². The van der Waals surface area contributed by atoms with Gasteiger partial charge in [0.2, 0.25) is 0 Å². The Morgan fingerprint density at radius 2 is 2.22 bits per heavy atom. The van der Waals surface area contributed by atoms with Crippen molar-refractivity contribution in [2.24, 2.45) is 0 Å². The Bertz CT molecular complexity index is 522. The van der Waals surface area contributed by atoms with Crippen molar-refractivity contribution in [1.29, 1.82) is 0 Å². The third-order valence-corrected chi connectivity index (χ3v) is 2.70. The zero-order chi connectivity index (χ0) is 13.1. The lowest BCUT2D eigenvalue weighted by molar-refractivity contribution is 0.192. The maximum absolute atomic E-state index is 13.5. The maximum Gasteiger partial charge on any atom is 0.417 e. The Labute approximate surface area is 109 Å². The highest BCUT2D eigenvalue weighted by Gasteiger charge is 2.13. The smallest absolute Gasteiger partial charge is 0.417 e. The average Bonchev–Trinajstić information content (AvgIpc) is 2.77. The summed E-state index contributed by atoms with van der Waals surface area (Å²) in [5.41, 5.74) is 0.267. The van der Waals surface area contributed by atoms with Gasteiger partial charge in [0.15, 0.2) is 5.82 Å². The van der Waals surface area contributed by atoms with Gasteiger partial charge in [-0.2, -0.15) is 4.98 Å². The lowest BCUT2D eigenvalue weighted by Gasteiger charge is -2.04. The molecule has 6 heteroatoms. The normalized spacial score (nSPS) is 10.9. The summed E-state index contributed by atoms with van der Waals surface area (Å²) in [5, 5.41) is 4.04. The summed E-state index contributed by atoms with van der Waals surface area (Å²) in [6.07, 6.45) is 0.0121. The first-order chi connectivity index (χ1) is 8.58. The number of hydrogen-bond donors (Lipinski definition) is 0. The molecule has 1 heterocycles. The van der Waals surface area contributed by atoms with Gasteiger partial charge in [0.25, 0.3) is 0 Å². The molecule has 0 saturated carbocycles. The third-order valence-electron chi connectivity index (χ3n) is 2.34. The summed E-state index contributed by atoms with van der Waals surface area (Å²) < 4.78 is 23.6. The van der Waals surface area contributed by atoms with Crippen molar-refractivity contribution in [3.63, 3.8) is 0 Å². The van der Waals surface area contributed by atoms with Gasteiger partial charge in [-0.1, -0.05) is 36.7 Å². The van der Waals surface area contributed by atoms with Gasteiger partial charge in [-0.3, -0.25) is 4.52 Å². The van der Waals surface area contributed by atoms with Crippen molar-refractivity contribution in [2.45, 2.75) is 26.4 Å². The quantitative estimate of drug-likeness (QED) is 0.852. The van der Waals surface area contributed by atoms with E-state index < -0.39 is 5.82 Å². The first-order valence-corrected chi connectivity index (χ1v) is 5.85. The molecular formula is C12H12ClFN2O2. The zero-order valence-electron chi connectivity index (χ0n) is 9.98. The molecule has 0 N–H and O–H groups in total. The Hall–Kier alpha value is -1.62. The summed E-state index contributed by atoms with van der Waals surface area (Å²) in [5.74, 6) is 0.263.